The van der Waals surface area contributed by atoms with Crippen LogP contribution in [-0.2, 0) is 7.05 Å². The van der Waals surface area contributed by atoms with Crippen molar-refractivity contribution in [2.75, 3.05) is 0 Å². The molecule has 2 aromatic heterocycles. The van der Waals surface area contributed by atoms with Gasteiger partial charge in [0, 0.05) is 23.7 Å². The van der Waals surface area contributed by atoms with E-state index >= 15 is 0 Å². The Labute approximate surface area is 117 Å². The first kappa shape index (κ1) is 12.8. The lowest BCUT2D eigenvalue weighted by Crippen LogP contribution is -2.01. The van der Waals surface area contributed by atoms with Gasteiger partial charge >= 0.3 is 0 Å². The highest BCUT2D eigenvalue weighted by Crippen LogP contribution is 2.25. The van der Waals surface area contributed by atoms with Crippen molar-refractivity contribution in [3.8, 4) is 11.3 Å². The monoisotopic (exact) mass is 267 g/mol. The Morgan fingerprint density at radius 3 is 2.65 bits per heavy atom. The second-order valence-corrected chi connectivity index (χ2v) is 5.11. The zero-order valence-corrected chi connectivity index (χ0v) is 11.8. The molecular formula is C16H17N3O. The molecule has 1 unspecified atom stereocenters. The third kappa shape index (κ3) is 2.18. The lowest BCUT2D eigenvalue weighted by Gasteiger charge is -2.02. The summed E-state index contributed by atoms with van der Waals surface area (Å²) in [4.78, 5) is 4.50. The van der Waals surface area contributed by atoms with Gasteiger partial charge in [-0.25, -0.2) is 0 Å². The molecule has 0 saturated carbocycles. The van der Waals surface area contributed by atoms with Crippen molar-refractivity contribution in [1.29, 1.82) is 0 Å². The van der Waals surface area contributed by atoms with E-state index in [9.17, 15) is 5.11 Å². The zero-order valence-electron chi connectivity index (χ0n) is 11.8. The molecule has 0 aliphatic heterocycles. The maximum absolute atomic E-state index is 9.70. The smallest absolute Gasteiger partial charge is 0.0928 e. The highest BCUT2D eigenvalue weighted by Gasteiger charge is 2.11. The van der Waals surface area contributed by atoms with Crippen molar-refractivity contribution in [2.24, 2.45) is 7.05 Å². The highest BCUT2D eigenvalue weighted by atomic mass is 16.3. The Hall–Kier alpha value is -2.20. The van der Waals surface area contributed by atoms with E-state index in [0.717, 1.165) is 33.5 Å². The predicted octanol–water partition coefficient (Wildman–Crippen LogP) is 3.00. The summed E-state index contributed by atoms with van der Waals surface area (Å²) in [7, 11) is 1.84. The molecule has 0 bridgehead atoms. The maximum Gasteiger partial charge on any atom is 0.0928 e. The molecule has 1 aromatic carbocycles. The van der Waals surface area contributed by atoms with Crippen molar-refractivity contribution in [3.05, 3.63) is 47.8 Å². The van der Waals surface area contributed by atoms with Crippen LogP contribution in [0.2, 0.25) is 0 Å². The van der Waals surface area contributed by atoms with E-state index in [1.54, 1.807) is 11.6 Å². The molecule has 0 radical (unpaired) electrons. The summed E-state index contributed by atoms with van der Waals surface area (Å²) in [6.07, 6.45) is -0.522. The van der Waals surface area contributed by atoms with Gasteiger partial charge in [-0.15, -0.1) is 0 Å². The van der Waals surface area contributed by atoms with Crippen molar-refractivity contribution < 1.29 is 5.11 Å². The molecule has 0 saturated heterocycles. The van der Waals surface area contributed by atoms with Crippen molar-refractivity contribution in [1.82, 2.24) is 14.8 Å². The number of aromatic nitrogens is 3. The molecule has 4 nitrogen and oxygen atoms in total. The number of nitrogens with zero attached hydrogens (tertiary/aromatic N) is 3. The minimum Gasteiger partial charge on any atom is -0.387 e. The molecule has 2 heterocycles. The van der Waals surface area contributed by atoms with Crippen LogP contribution in [0.4, 0.5) is 0 Å². The molecule has 102 valence electrons. The molecule has 0 spiro atoms. The Morgan fingerprint density at radius 1 is 1.15 bits per heavy atom. The van der Waals surface area contributed by atoms with Gasteiger partial charge in [0.1, 0.15) is 0 Å². The fourth-order valence-corrected chi connectivity index (χ4v) is 2.40. The molecule has 3 rings (SSSR count). The van der Waals surface area contributed by atoms with Gasteiger partial charge in [0.05, 0.1) is 23.0 Å². The number of rotatable bonds is 2. The Balaban J connectivity index is 2.10. The number of aliphatic hydroxyl groups excluding tert-OH is 1. The first-order valence-electron chi connectivity index (χ1n) is 6.64. The van der Waals surface area contributed by atoms with Gasteiger partial charge in [-0.05, 0) is 38.1 Å². The van der Waals surface area contributed by atoms with E-state index in [2.05, 4.69) is 22.2 Å². The number of aryl methyl sites for hydroxylation is 2. The third-order valence-corrected chi connectivity index (χ3v) is 3.47. The maximum atomic E-state index is 9.70. The van der Waals surface area contributed by atoms with Gasteiger partial charge in [-0.1, -0.05) is 12.1 Å². The van der Waals surface area contributed by atoms with Crippen LogP contribution < -0.4 is 0 Å². The first-order valence-corrected chi connectivity index (χ1v) is 6.64. The second-order valence-electron chi connectivity index (χ2n) is 5.11. The predicted molar refractivity (Wildman–Crippen MR) is 79.3 cm³/mol. The summed E-state index contributed by atoms with van der Waals surface area (Å²) >= 11 is 0. The Morgan fingerprint density at radius 2 is 1.95 bits per heavy atom. The van der Waals surface area contributed by atoms with Gasteiger partial charge in [-0.3, -0.25) is 9.67 Å². The molecule has 0 amide bonds. The van der Waals surface area contributed by atoms with Crippen LogP contribution >= 0.6 is 0 Å². The van der Waals surface area contributed by atoms with Gasteiger partial charge < -0.3 is 5.11 Å². The summed E-state index contributed by atoms with van der Waals surface area (Å²) in [5.74, 6) is 0. The Kier molecular flexibility index (Phi) is 3.03. The van der Waals surface area contributed by atoms with E-state index in [0.29, 0.717) is 0 Å². The number of fused-ring (bicyclic) bond motifs is 1. The van der Waals surface area contributed by atoms with Crippen LogP contribution in [-0.4, -0.2) is 19.9 Å². The largest absolute Gasteiger partial charge is 0.387 e. The average molecular weight is 267 g/mol. The van der Waals surface area contributed by atoms with Crippen LogP contribution in [0.15, 0.2) is 36.4 Å². The summed E-state index contributed by atoms with van der Waals surface area (Å²) in [5.41, 5.74) is 4.71. The molecule has 0 aliphatic carbocycles. The molecule has 3 aromatic rings. The number of hydrogen-bond donors (Lipinski definition) is 1. The van der Waals surface area contributed by atoms with E-state index in [1.807, 2.05) is 38.2 Å². The van der Waals surface area contributed by atoms with Gasteiger partial charge in [-0.2, -0.15) is 5.10 Å². The quantitative estimate of drug-likeness (QED) is 0.776. The van der Waals surface area contributed by atoms with Crippen LogP contribution in [0.1, 0.15) is 24.4 Å². The van der Waals surface area contributed by atoms with Gasteiger partial charge in [0.2, 0.25) is 0 Å². The Bertz CT molecular complexity index is 774. The molecule has 0 aliphatic rings. The number of aliphatic hydroxyl groups is 1. The standard InChI is InChI=1S/C16H17N3O/c1-10-4-5-12-8-13(6-7-14(12)17-10)15-9-16(11(2)20)19(3)18-15/h4-9,11,20H,1-3H3. The third-order valence-electron chi connectivity index (χ3n) is 3.47. The fourth-order valence-electron chi connectivity index (χ4n) is 2.40. The molecule has 1 atom stereocenters. The minimum atomic E-state index is -0.522. The van der Waals surface area contributed by atoms with Crippen LogP contribution in [0.3, 0.4) is 0 Å². The lowest BCUT2D eigenvalue weighted by atomic mass is 10.1. The zero-order chi connectivity index (χ0) is 14.3. The lowest BCUT2D eigenvalue weighted by molar-refractivity contribution is 0.189. The first-order chi connectivity index (χ1) is 9.54. The fraction of sp³-hybridized carbons (Fsp3) is 0.250. The SMILES string of the molecule is Cc1ccc2cc(-c3cc(C(C)O)n(C)n3)ccc2n1. The van der Waals surface area contributed by atoms with Crippen molar-refractivity contribution in [3.63, 3.8) is 0 Å². The number of pyridine rings is 1. The normalized spacial score (nSPS) is 12.8. The number of hydrogen-bond acceptors (Lipinski definition) is 3. The van der Waals surface area contributed by atoms with E-state index in [1.165, 1.54) is 0 Å². The second kappa shape index (κ2) is 4.72. The van der Waals surface area contributed by atoms with Crippen LogP contribution in [0.25, 0.3) is 22.2 Å². The van der Waals surface area contributed by atoms with Crippen LogP contribution in [0, 0.1) is 6.92 Å². The molecular weight excluding hydrogens is 250 g/mol. The van der Waals surface area contributed by atoms with Gasteiger partial charge in [0.15, 0.2) is 0 Å². The number of benzene rings is 1. The topological polar surface area (TPSA) is 50.9 Å². The van der Waals surface area contributed by atoms with E-state index < -0.39 is 6.10 Å². The molecule has 1 N–H and O–H groups in total. The summed E-state index contributed by atoms with van der Waals surface area (Å²) < 4.78 is 1.72. The van der Waals surface area contributed by atoms with E-state index in [4.69, 9.17) is 0 Å². The van der Waals surface area contributed by atoms with Gasteiger partial charge in [0.25, 0.3) is 0 Å². The van der Waals surface area contributed by atoms with Crippen molar-refractivity contribution in [2.45, 2.75) is 20.0 Å². The summed E-state index contributed by atoms with van der Waals surface area (Å²) in [5, 5.41) is 15.3. The summed E-state index contributed by atoms with van der Waals surface area (Å²) in [6.45, 7) is 3.73. The highest BCUT2D eigenvalue weighted by molar-refractivity contribution is 5.83. The molecule has 4 heteroatoms. The van der Waals surface area contributed by atoms with E-state index in [-0.39, 0.29) is 0 Å². The van der Waals surface area contributed by atoms with Crippen molar-refractivity contribution >= 4 is 10.9 Å². The molecule has 20 heavy (non-hydrogen) atoms. The molecule has 0 fully saturated rings. The average Bonchev–Trinajstić information content (AvgIpc) is 2.80. The minimum absolute atomic E-state index is 0.522. The van der Waals surface area contributed by atoms with Crippen LogP contribution in [0.5, 0.6) is 0 Å². The summed E-state index contributed by atoms with van der Waals surface area (Å²) in [6, 6.07) is 12.1.